The number of fused-ring (bicyclic) bond motifs is 1. The lowest BCUT2D eigenvalue weighted by Gasteiger charge is -2.38. The standard InChI is InChI=1S/C31H37N5O6Si/c1-30(2,3)43(5,6)39-17-22-24(41-27(37)20-13-9-7-10-14-20)31(4,42-28(38)21-15-11-8-12-16-21)29(40-22)36-19-35-23-25(32)33-18-34-26(23)36/h7-16,18-19,22,24,29H,17H2,1-6H3,(H2,32,33,34)/t22-,24-,29-,31-/m1/s1. The molecule has 2 aromatic heterocycles. The van der Waals surface area contributed by atoms with E-state index in [0.29, 0.717) is 22.3 Å². The number of nitrogens with zero attached hydrogens (tertiary/aromatic N) is 4. The van der Waals surface area contributed by atoms with Crippen LogP contribution in [0.2, 0.25) is 18.1 Å². The Hall–Kier alpha value is -4.13. The maximum Gasteiger partial charge on any atom is 0.338 e. The van der Waals surface area contributed by atoms with E-state index in [1.165, 1.54) is 12.7 Å². The molecule has 4 atom stereocenters. The molecule has 5 rings (SSSR count). The summed E-state index contributed by atoms with van der Waals surface area (Å²) < 4.78 is 27.3. The quantitative estimate of drug-likeness (QED) is 0.212. The zero-order valence-electron chi connectivity index (χ0n) is 25.2. The molecule has 3 heterocycles. The number of aromatic nitrogens is 4. The molecule has 11 nitrogen and oxygen atoms in total. The molecular weight excluding hydrogens is 566 g/mol. The summed E-state index contributed by atoms with van der Waals surface area (Å²) in [5, 5.41) is -0.0840. The Bertz CT molecular complexity index is 1610. The van der Waals surface area contributed by atoms with Crippen molar-refractivity contribution in [3.05, 3.63) is 84.4 Å². The van der Waals surface area contributed by atoms with Gasteiger partial charge in [0, 0.05) is 0 Å². The number of nitrogens with two attached hydrogens (primary N) is 1. The zero-order valence-corrected chi connectivity index (χ0v) is 26.2. The lowest BCUT2D eigenvalue weighted by atomic mass is 9.95. The van der Waals surface area contributed by atoms with Crippen LogP contribution < -0.4 is 5.73 Å². The molecule has 1 aliphatic heterocycles. The minimum Gasteiger partial charge on any atom is -0.451 e. The fourth-order valence-electron chi connectivity index (χ4n) is 4.79. The maximum atomic E-state index is 13.6. The van der Waals surface area contributed by atoms with Gasteiger partial charge in [-0.2, -0.15) is 0 Å². The van der Waals surface area contributed by atoms with E-state index in [2.05, 4.69) is 48.8 Å². The van der Waals surface area contributed by atoms with Crippen molar-refractivity contribution in [2.24, 2.45) is 0 Å². The summed E-state index contributed by atoms with van der Waals surface area (Å²) in [6.45, 7) is 12.4. The van der Waals surface area contributed by atoms with Gasteiger partial charge in [0.15, 0.2) is 37.7 Å². The summed E-state index contributed by atoms with van der Waals surface area (Å²) in [6.07, 6.45) is -0.0668. The van der Waals surface area contributed by atoms with Gasteiger partial charge in [-0.25, -0.2) is 24.5 Å². The van der Waals surface area contributed by atoms with E-state index in [1.54, 1.807) is 66.1 Å². The Morgan fingerprint density at radius 3 is 2.19 bits per heavy atom. The molecule has 0 spiro atoms. The number of esters is 2. The monoisotopic (exact) mass is 603 g/mol. The Morgan fingerprint density at radius 2 is 1.58 bits per heavy atom. The molecule has 0 radical (unpaired) electrons. The number of carbonyl (C=O) groups excluding carboxylic acids is 2. The smallest absolute Gasteiger partial charge is 0.338 e. The zero-order chi connectivity index (χ0) is 31.0. The summed E-state index contributed by atoms with van der Waals surface area (Å²) in [6, 6.07) is 17.2. The third-order valence-electron chi connectivity index (χ3n) is 8.32. The van der Waals surface area contributed by atoms with E-state index in [-0.39, 0.29) is 17.5 Å². The molecule has 0 bridgehead atoms. The molecule has 2 N–H and O–H groups in total. The number of imidazole rings is 1. The van der Waals surface area contributed by atoms with Crippen molar-refractivity contribution < 1.29 is 28.2 Å². The fraction of sp³-hybridized carbons (Fsp3) is 0.387. The Balaban J connectivity index is 1.60. The normalized spacial score (nSPS) is 22.4. The van der Waals surface area contributed by atoms with Crippen molar-refractivity contribution in [2.45, 2.75) is 69.9 Å². The van der Waals surface area contributed by atoms with Crippen molar-refractivity contribution in [2.75, 3.05) is 12.3 Å². The molecule has 0 saturated carbocycles. The van der Waals surface area contributed by atoms with E-state index in [1.807, 2.05) is 6.07 Å². The molecule has 0 amide bonds. The highest BCUT2D eigenvalue weighted by Crippen LogP contribution is 2.46. The molecule has 1 fully saturated rings. The van der Waals surface area contributed by atoms with Crippen LogP contribution in [0.25, 0.3) is 11.2 Å². The predicted molar refractivity (Wildman–Crippen MR) is 163 cm³/mol. The second kappa shape index (κ2) is 11.5. The van der Waals surface area contributed by atoms with Crippen LogP contribution in [0.1, 0.15) is 54.6 Å². The van der Waals surface area contributed by atoms with E-state index < -0.39 is 44.3 Å². The van der Waals surface area contributed by atoms with Crippen LogP contribution >= 0.6 is 0 Å². The molecule has 43 heavy (non-hydrogen) atoms. The molecule has 226 valence electrons. The Kier molecular flexibility index (Phi) is 8.12. The van der Waals surface area contributed by atoms with E-state index in [0.717, 1.165) is 0 Å². The van der Waals surface area contributed by atoms with Crippen molar-refractivity contribution in [3.63, 3.8) is 0 Å². The third-order valence-corrected chi connectivity index (χ3v) is 12.8. The predicted octanol–water partition coefficient (Wildman–Crippen LogP) is 5.17. The van der Waals surface area contributed by atoms with Crippen molar-refractivity contribution in [1.82, 2.24) is 19.5 Å². The summed E-state index contributed by atoms with van der Waals surface area (Å²) in [5.74, 6) is -1.01. The first-order valence-electron chi connectivity index (χ1n) is 14.1. The highest BCUT2D eigenvalue weighted by molar-refractivity contribution is 6.74. The highest BCUT2D eigenvalue weighted by Gasteiger charge is 2.61. The molecular formula is C31H37N5O6Si. The topological polar surface area (TPSA) is 141 Å². The van der Waals surface area contributed by atoms with E-state index in [4.69, 9.17) is 24.4 Å². The Labute approximate surface area is 251 Å². The first-order chi connectivity index (χ1) is 20.3. The fourth-order valence-corrected chi connectivity index (χ4v) is 5.80. The van der Waals surface area contributed by atoms with E-state index in [9.17, 15) is 9.59 Å². The molecule has 4 aromatic rings. The van der Waals surface area contributed by atoms with Crippen LogP contribution in [0.3, 0.4) is 0 Å². The van der Waals surface area contributed by atoms with Gasteiger partial charge in [-0.3, -0.25) is 4.57 Å². The third kappa shape index (κ3) is 5.90. The number of nitrogen functional groups attached to an aromatic ring is 1. The molecule has 0 aliphatic carbocycles. The number of hydrogen-bond acceptors (Lipinski definition) is 10. The van der Waals surface area contributed by atoms with Gasteiger partial charge in [0.2, 0.25) is 0 Å². The van der Waals surface area contributed by atoms with Gasteiger partial charge in [-0.1, -0.05) is 57.2 Å². The summed E-state index contributed by atoms with van der Waals surface area (Å²) in [5.41, 5.74) is 5.94. The molecule has 1 saturated heterocycles. The Morgan fingerprint density at radius 1 is 0.977 bits per heavy atom. The summed E-state index contributed by atoms with van der Waals surface area (Å²) in [4.78, 5) is 39.9. The van der Waals surface area contributed by atoms with Gasteiger partial charge < -0.3 is 24.4 Å². The number of rotatable bonds is 8. The van der Waals surface area contributed by atoms with Crippen LogP contribution in [0.4, 0.5) is 5.82 Å². The molecule has 1 aliphatic rings. The lowest BCUT2D eigenvalue weighted by Crippen LogP contribution is -2.51. The van der Waals surface area contributed by atoms with Crippen LogP contribution in [0, 0.1) is 0 Å². The summed E-state index contributed by atoms with van der Waals surface area (Å²) in [7, 11) is -2.26. The summed E-state index contributed by atoms with van der Waals surface area (Å²) >= 11 is 0. The number of hydrogen-bond donors (Lipinski definition) is 1. The minimum atomic E-state index is -2.26. The van der Waals surface area contributed by atoms with Gasteiger partial charge in [0.25, 0.3) is 0 Å². The number of benzene rings is 2. The average Bonchev–Trinajstić information content (AvgIpc) is 3.51. The second-order valence-electron chi connectivity index (χ2n) is 12.3. The van der Waals surface area contributed by atoms with E-state index >= 15 is 0 Å². The van der Waals surface area contributed by atoms with Crippen molar-refractivity contribution in [1.29, 1.82) is 0 Å². The van der Waals surface area contributed by atoms with Gasteiger partial charge in [-0.05, 0) is 49.3 Å². The van der Waals surface area contributed by atoms with Gasteiger partial charge in [0.05, 0.1) is 24.1 Å². The van der Waals surface area contributed by atoms with Crippen molar-refractivity contribution in [3.8, 4) is 0 Å². The molecule has 0 unspecified atom stereocenters. The average molecular weight is 604 g/mol. The first-order valence-corrected chi connectivity index (χ1v) is 17.0. The van der Waals surface area contributed by atoms with Gasteiger partial charge in [-0.15, -0.1) is 0 Å². The minimum absolute atomic E-state index is 0.0840. The molecule has 2 aromatic carbocycles. The molecule has 12 heteroatoms. The largest absolute Gasteiger partial charge is 0.451 e. The van der Waals surface area contributed by atoms with Crippen LogP contribution in [-0.2, 0) is 18.6 Å². The number of ether oxygens (including phenoxy) is 3. The van der Waals surface area contributed by atoms with Crippen LogP contribution in [0.15, 0.2) is 73.3 Å². The SMILES string of the molecule is CC(C)(C)[Si](C)(C)OC[C@H]1O[C@@H](n2cnc3c(N)ncnc32)[C@](C)(OC(=O)c2ccccc2)[C@@H]1OC(=O)c1ccccc1. The first kappa shape index (κ1) is 30.3. The second-order valence-corrected chi connectivity index (χ2v) is 17.1. The van der Waals surface area contributed by atoms with Crippen molar-refractivity contribution >= 4 is 37.2 Å². The van der Waals surface area contributed by atoms with Crippen LogP contribution in [0.5, 0.6) is 0 Å². The number of anilines is 1. The van der Waals surface area contributed by atoms with Gasteiger partial charge >= 0.3 is 11.9 Å². The number of carbonyl (C=O) groups is 2. The lowest BCUT2D eigenvalue weighted by molar-refractivity contribution is -0.108. The van der Waals surface area contributed by atoms with Gasteiger partial charge in [0.1, 0.15) is 17.9 Å². The highest BCUT2D eigenvalue weighted by atomic mass is 28.4. The van der Waals surface area contributed by atoms with Crippen LogP contribution in [-0.4, -0.2) is 64.2 Å². The maximum absolute atomic E-state index is 13.6.